The molecule has 0 aliphatic rings. The van der Waals surface area contributed by atoms with Crippen molar-refractivity contribution in [3.8, 4) is 5.69 Å². The molecule has 0 saturated heterocycles. The van der Waals surface area contributed by atoms with E-state index in [0.29, 0.717) is 22.7 Å². The smallest absolute Gasteiger partial charge is 0.164 e. The predicted octanol–water partition coefficient (Wildman–Crippen LogP) is 4.17. The van der Waals surface area contributed by atoms with Crippen LogP contribution in [0.15, 0.2) is 36.5 Å². The second-order valence-corrected chi connectivity index (χ2v) is 5.38. The van der Waals surface area contributed by atoms with Gasteiger partial charge in [-0.15, -0.1) is 11.6 Å². The summed E-state index contributed by atoms with van der Waals surface area (Å²) in [7, 11) is 0. The molecule has 3 nitrogen and oxygen atoms in total. The summed E-state index contributed by atoms with van der Waals surface area (Å²) < 4.78 is 15.9. The lowest BCUT2D eigenvalue weighted by atomic mass is 10.2. The summed E-state index contributed by atoms with van der Waals surface area (Å²) >= 11 is 6.19. The molecule has 0 aliphatic carbocycles. The molecule has 102 valence electrons. The average molecular weight is 290 g/mol. The summed E-state index contributed by atoms with van der Waals surface area (Å²) in [6.07, 6.45) is 1.66. The Morgan fingerprint density at radius 1 is 1.30 bits per heavy atom. The largest absolute Gasteiger partial charge is 0.276 e. The van der Waals surface area contributed by atoms with Crippen molar-refractivity contribution in [3.63, 3.8) is 0 Å². The van der Waals surface area contributed by atoms with Crippen LogP contribution in [0.25, 0.3) is 16.9 Å². The Balaban J connectivity index is 2.39. The first kappa shape index (κ1) is 13.1. The van der Waals surface area contributed by atoms with Crippen LogP contribution in [0, 0.1) is 12.7 Å². The molecule has 2 heterocycles. The molecule has 3 rings (SSSR count). The summed E-state index contributed by atoms with van der Waals surface area (Å²) in [4.78, 5) is 8.77. The third-order valence-corrected chi connectivity index (χ3v) is 3.34. The molecule has 0 fully saturated rings. The highest BCUT2D eigenvalue weighted by atomic mass is 35.5. The Bertz CT molecular complexity index is 780. The normalized spacial score (nSPS) is 12.8. The fourth-order valence-corrected chi connectivity index (χ4v) is 2.37. The predicted molar refractivity (Wildman–Crippen MR) is 77.8 cm³/mol. The molecule has 1 aromatic carbocycles. The quantitative estimate of drug-likeness (QED) is 0.663. The van der Waals surface area contributed by atoms with E-state index in [1.807, 2.05) is 19.9 Å². The molecule has 2 aromatic heterocycles. The number of fused-ring (bicyclic) bond motifs is 1. The van der Waals surface area contributed by atoms with Crippen molar-refractivity contribution >= 4 is 22.8 Å². The Morgan fingerprint density at radius 3 is 2.85 bits per heavy atom. The van der Waals surface area contributed by atoms with Crippen LogP contribution >= 0.6 is 11.6 Å². The van der Waals surface area contributed by atoms with E-state index in [9.17, 15) is 4.39 Å². The van der Waals surface area contributed by atoms with Crippen LogP contribution in [0.1, 0.15) is 23.7 Å². The lowest BCUT2D eigenvalue weighted by Crippen LogP contribution is -2.05. The Morgan fingerprint density at radius 2 is 2.10 bits per heavy atom. The minimum atomic E-state index is -0.343. The summed E-state index contributed by atoms with van der Waals surface area (Å²) in [6, 6.07) is 8.59. The standard InChI is InChI=1S/C15H13ClFN3/c1-9-5-6-11(17)13(8-9)20-14(10(2)16)19-12-4-3-7-18-15(12)20/h3-8,10H,1-2H3. The number of hydrogen-bond donors (Lipinski definition) is 0. The Hall–Kier alpha value is -1.94. The van der Waals surface area contributed by atoms with E-state index in [0.717, 1.165) is 5.56 Å². The molecule has 1 unspecified atom stereocenters. The molecule has 0 aliphatic heterocycles. The molecule has 5 heteroatoms. The fourth-order valence-electron chi connectivity index (χ4n) is 2.23. The zero-order valence-corrected chi connectivity index (χ0v) is 11.9. The summed E-state index contributed by atoms with van der Waals surface area (Å²) in [5.74, 6) is 0.268. The van der Waals surface area contributed by atoms with Crippen LogP contribution < -0.4 is 0 Å². The molecule has 0 amide bonds. The molecule has 20 heavy (non-hydrogen) atoms. The van der Waals surface area contributed by atoms with E-state index in [4.69, 9.17) is 11.6 Å². The van der Waals surface area contributed by atoms with Crippen molar-refractivity contribution in [1.82, 2.24) is 14.5 Å². The summed E-state index contributed by atoms with van der Waals surface area (Å²) in [6.45, 7) is 3.73. The maximum atomic E-state index is 14.2. The highest BCUT2D eigenvalue weighted by molar-refractivity contribution is 6.20. The van der Waals surface area contributed by atoms with E-state index >= 15 is 0 Å². The Kier molecular flexibility index (Phi) is 3.18. The zero-order valence-electron chi connectivity index (χ0n) is 11.1. The fraction of sp³-hybridized carbons (Fsp3) is 0.200. The van der Waals surface area contributed by atoms with Gasteiger partial charge in [0.05, 0.1) is 11.1 Å². The number of aryl methyl sites for hydroxylation is 1. The number of pyridine rings is 1. The van der Waals surface area contributed by atoms with Gasteiger partial charge in [0.15, 0.2) is 5.65 Å². The number of alkyl halides is 1. The van der Waals surface area contributed by atoms with Gasteiger partial charge in [-0.2, -0.15) is 0 Å². The minimum Gasteiger partial charge on any atom is -0.276 e. The highest BCUT2D eigenvalue weighted by Crippen LogP contribution is 2.28. The van der Waals surface area contributed by atoms with E-state index < -0.39 is 0 Å². The van der Waals surface area contributed by atoms with Crippen molar-refractivity contribution in [2.24, 2.45) is 0 Å². The van der Waals surface area contributed by atoms with Gasteiger partial charge in [0, 0.05) is 6.20 Å². The topological polar surface area (TPSA) is 30.7 Å². The molecule has 3 aromatic rings. The van der Waals surface area contributed by atoms with Crippen LogP contribution in [0.5, 0.6) is 0 Å². The lowest BCUT2D eigenvalue weighted by molar-refractivity contribution is 0.615. The van der Waals surface area contributed by atoms with Gasteiger partial charge in [-0.3, -0.25) is 4.57 Å². The first-order valence-electron chi connectivity index (χ1n) is 6.32. The number of benzene rings is 1. The highest BCUT2D eigenvalue weighted by Gasteiger charge is 2.19. The monoisotopic (exact) mass is 289 g/mol. The molecule has 0 radical (unpaired) electrons. The van der Waals surface area contributed by atoms with Gasteiger partial charge in [-0.1, -0.05) is 6.07 Å². The van der Waals surface area contributed by atoms with E-state index in [-0.39, 0.29) is 11.2 Å². The van der Waals surface area contributed by atoms with Crippen LogP contribution in [-0.4, -0.2) is 14.5 Å². The SMILES string of the molecule is Cc1ccc(F)c(-n2c(C(C)Cl)nc3cccnc32)c1. The van der Waals surface area contributed by atoms with Gasteiger partial charge in [0.1, 0.15) is 17.2 Å². The van der Waals surface area contributed by atoms with Gasteiger partial charge in [-0.25, -0.2) is 14.4 Å². The van der Waals surface area contributed by atoms with E-state index in [1.54, 1.807) is 29.0 Å². The average Bonchev–Trinajstić information content (AvgIpc) is 2.81. The molecular formula is C15H13ClFN3. The number of rotatable bonds is 2. The van der Waals surface area contributed by atoms with Crippen molar-refractivity contribution in [1.29, 1.82) is 0 Å². The molecule has 1 atom stereocenters. The van der Waals surface area contributed by atoms with Crippen molar-refractivity contribution in [2.75, 3.05) is 0 Å². The lowest BCUT2D eigenvalue weighted by Gasteiger charge is -2.11. The van der Waals surface area contributed by atoms with E-state index in [2.05, 4.69) is 9.97 Å². The first-order valence-corrected chi connectivity index (χ1v) is 6.75. The number of imidazole rings is 1. The molecular weight excluding hydrogens is 277 g/mol. The van der Waals surface area contributed by atoms with Crippen LogP contribution in [0.4, 0.5) is 4.39 Å². The number of halogens is 2. The van der Waals surface area contributed by atoms with Gasteiger partial charge < -0.3 is 0 Å². The van der Waals surface area contributed by atoms with Crippen LogP contribution in [0.2, 0.25) is 0 Å². The Labute approximate surface area is 121 Å². The maximum absolute atomic E-state index is 14.2. The number of aromatic nitrogens is 3. The molecule has 0 saturated carbocycles. The number of nitrogens with zero attached hydrogens (tertiary/aromatic N) is 3. The van der Waals surface area contributed by atoms with Crippen molar-refractivity contribution in [2.45, 2.75) is 19.2 Å². The maximum Gasteiger partial charge on any atom is 0.164 e. The van der Waals surface area contributed by atoms with Gasteiger partial charge in [0.25, 0.3) is 0 Å². The minimum absolute atomic E-state index is 0.320. The second kappa shape index (κ2) is 4.87. The third-order valence-electron chi connectivity index (χ3n) is 3.14. The summed E-state index contributed by atoms with van der Waals surface area (Å²) in [5.41, 5.74) is 2.71. The van der Waals surface area contributed by atoms with Crippen LogP contribution in [0.3, 0.4) is 0 Å². The van der Waals surface area contributed by atoms with Crippen molar-refractivity contribution < 1.29 is 4.39 Å². The third kappa shape index (κ3) is 2.06. The summed E-state index contributed by atoms with van der Waals surface area (Å²) in [5, 5.41) is -0.343. The zero-order chi connectivity index (χ0) is 14.3. The number of hydrogen-bond acceptors (Lipinski definition) is 2. The van der Waals surface area contributed by atoms with Crippen LogP contribution in [-0.2, 0) is 0 Å². The van der Waals surface area contributed by atoms with E-state index in [1.165, 1.54) is 6.07 Å². The molecule has 0 spiro atoms. The van der Waals surface area contributed by atoms with Gasteiger partial charge >= 0.3 is 0 Å². The van der Waals surface area contributed by atoms with Gasteiger partial charge in [-0.05, 0) is 43.7 Å². The van der Waals surface area contributed by atoms with Gasteiger partial charge in [0.2, 0.25) is 0 Å². The second-order valence-electron chi connectivity index (χ2n) is 4.72. The first-order chi connectivity index (χ1) is 9.58. The molecule has 0 N–H and O–H groups in total. The van der Waals surface area contributed by atoms with Crippen molar-refractivity contribution in [3.05, 3.63) is 53.7 Å². The molecule has 0 bridgehead atoms.